The Morgan fingerprint density at radius 2 is 2.10 bits per heavy atom. The third-order valence-corrected chi connectivity index (χ3v) is 4.30. The Hall–Kier alpha value is -1.55. The summed E-state index contributed by atoms with van der Waals surface area (Å²) in [6.07, 6.45) is 2.21. The molecule has 1 saturated heterocycles. The van der Waals surface area contributed by atoms with E-state index < -0.39 is 0 Å². The Kier molecular flexibility index (Phi) is 3.89. The van der Waals surface area contributed by atoms with E-state index in [-0.39, 0.29) is 11.3 Å². The number of imidazole rings is 1. The number of aromatic nitrogens is 2. The van der Waals surface area contributed by atoms with Gasteiger partial charge in [-0.15, -0.1) is 11.6 Å². The van der Waals surface area contributed by atoms with Crippen molar-refractivity contribution in [3.8, 4) is 0 Å². The first kappa shape index (κ1) is 14.4. The molecule has 1 fully saturated rings. The summed E-state index contributed by atoms with van der Waals surface area (Å²) in [4.78, 5) is 19.0. The molecule has 0 aliphatic carbocycles. The average Bonchev–Trinajstić information content (AvgIpc) is 3.07. The smallest absolute Gasteiger partial charge is 0.242 e. The second-order valence-electron chi connectivity index (χ2n) is 5.70. The number of aryl methyl sites for hydroxylation is 1. The van der Waals surface area contributed by atoms with E-state index in [1.165, 1.54) is 0 Å². The highest BCUT2D eigenvalue weighted by Crippen LogP contribution is 2.27. The zero-order valence-corrected chi connectivity index (χ0v) is 13.2. The molecule has 0 spiro atoms. The van der Waals surface area contributed by atoms with Crippen LogP contribution in [0, 0.1) is 6.92 Å². The number of para-hydroxylation sites is 1. The van der Waals surface area contributed by atoms with Gasteiger partial charge in [0.1, 0.15) is 12.4 Å². The van der Waals surface area contributed by atoms with Crippen molar-refractivity contribution >= 4 is 28.5 Å². The molecule has 3 rings (SSSR count). The minimum atomic E-state index is -0.219. The first-order valence-corrected chi connectivity index (χ1v) is 7.89. The Morgan fingerprint density at radius 1 is 1.38 bits per heavy atom. The van der Waals surface area contributed by atoms with E-state index in [9.17, 15) is 4.79 Å². The van der Waals surface area contributed by atoms with Crippen LogP contribution in [0.15, 0.2) is 18.2 Å². The van der Waals surface area contributed by atoms with Gasteiger partial charge in [0.05, 0.1) is 16.4 Å². The normalized spacial score (nSPS) is 16.6. The van der Waals surface area contributed by atoms with Crippen molar-refractivity contribution in [1.82, 2.24) is 14.5 Å². The molecule has 2 aromatic rings. The van der Waals surface area contributed by atoms with Crippen LogP contribution in [0.25, 0.3) is 11.0 Å². The largest absolute Gasteiger partial charge is 0.341 e. The third kappa shape index (κ3) is 2.64. The summed E-state index contributed by atoms with van der Waals surface area (Å²) in [5, 5.41) is -0.219. The van der Waals surface area contributed by atoms with E-state index in [4.69, 9.17) is 11.6 Å². The van der Waals surface area contributed by atoms with E-state index in [1.54, 1.807) is 0 Å². The molecule has 4 nitrogen and oxygen atoms in total. The second kappa shape index (κ2) is 5.68. The molecule has 1 unspecified atom stereocenters. The maximum absolute atomic E-state index is 12.5. The molecule has 5 heteroatoms. The average molecular weight is 306 g/mol. The van der Waals surface area contributed by atoms with Gasteiger partial charge in [0.2, 0.25) is 5.91 Å². The highest BCUT2D eigenvalue weighted by Gasteiger charge is 2.22. The highest BCUT2D eigenvalue weighted by molar-refractivity contribution is 6.20. The van der Waals surface area contributed by atoms with Gasteiger partial charge in [-0.25, -0.2) is 4.98 Å². The molecule has 1 amide bonds. The maximum Gasteiger partial charge on any atom is 0.242 e. The first-order chi connectivity index (χ1) is 10.1. The second-order valence-corrected chi connectivity index (χ2v) is 6.36. The number of benzene rings is 1. The number of hydrogen-bond acceptors (Lipinski definition) is 2. The molecule has 1 aromatic carbocycles. The van der Waals surface area contributed by atoms with Gasteiger partial charge in [0, 0.05) is 13.1 Å². The van der Waals surface area contributed by atoms with Gasteiger partial charge < -0.3 is 9.47 Å². The van der Waals surface area contributed by atoms with E-state index >= 15 is 0 Å². The van der Waals surface area contributed by atoms with Crippen molar-refractivity contribution in [3.05, 3.63) is 29.6 Å². The lowest BCUT2D eigenvalue weighted by molar-refractivity contribution is -0.130. The van der Waals surface area contributed by atoms with Crippen LogP contribution in [-0.4, -0.2) is 33.4 Å². The molecule has 0 radical (unpaired) electrons. The van der Waals surface area contributed by atoms with Gasteiger partial charge in [-0.3, -0.25) is 4.79 Å². The van der Waals surface area contributed by atoms with Crippen LogP contribution in [0.1, 0.15) is 36.5 Å². The predicted octanol–water partition coefficient (Wildman–Crippen LogP) is 3.27. The van der Waals surface area contributed by atoms with Crippen molar-refractivity contribution in [2.24, 2.45) is 0 Å². The molecule has 0 saturated carbocycles. The fourth-order valence-electron chi connectivity index (χ4n) is 3.05. The zero-order chi connectivity index (χ0) is 15.0. The Labute approximate surface area is 129 Å². The number of rotatable bonds is 3. The predicted molar refractivity (Wildman–Crippen MR) is 84.6 cm³/mol. The minimum absolute atomic E-state index is 0.161. The number of alkyl halides is 1. The third-order valence-electron chi connectivity index (χ3n) is 4.11. The van der Waals surface area contributed by atoms with Gasteiger partial charge in [0.15, 0.2) is 0 Å². The number of amides is 1. The summed E-state index contributed by atoms with van der Waals surface area (Å²) >= 11 is 6.27. The molecule has 1 aliphatic rings. The number of carbonyl (C=O) groups is 1. The number of nitrogens with zero attached hydrogens (tertiary/aromatic N) is 3. The number of likely N-dealkylation sites (tertiary alicyclic amines) is 1. The fraction of sp³-hybridized carbons (Fsp3) is 0.500. The van der Waals surface area contributed by atoms with Crippen LogP contribution in [0.3, 0.4) is 0 Å². The highest BCUT2D eigenvalue weighted by atomic mass is 35.5. The van der Waals surface area contributed by atoms with Gasteiger partial charge in [-0.05, 0) is 38.3 Å². The van der Waals surface area contributed by atoms with Crippen LogP contribution < -0.4 is 0 Å². The van der Waals surface area contributed by atoms with Crippen LogP contribution >= 0.6 is 11.6 Å². The van der Waals surface area contributed by atoms with E-state index in [1.807, 2.05) is 41.5 Å². The summed E-state index contributed by atoms with van der Waals surface area (Å²) in [5.74, 6) is 0.933. The number of fused-ring (bicyclic) bond motifs is 1. The number of carbonyl (C=O) groups excluding carboxylic acids is 1. The molecule has 112 valence electrons. The lowest BCUT2D eigenvalue weighted by Gasteiger charge is -2.18. The summed E-state index contributed by atoms with van der Waals surface area (Å²) in [5.41, 5.74) is 3.05. The van der Waals surface area contributed by atoms with Gasteiger partial charge in [-0.1, -0.05) is 12.1 Å². The molecule has 1 aliphatic heterocycles. The van der Waals surface area contributed by atoms with Crippen molar-refractivity contribution in [3.63, 3.8) is 0 Å². The molecular weight excluding hydrogens is 286 g/mol. The standard InChI is InChI=1S/C16H20ClN3O/c1-11-6-5-7-13-15(11)20(16(18-13)12(2)17)10-14(21)19-8-3-4-9-19/h5-7,12H,3-4,8-10H2,1-2H3. The molecule has 1 atom stereocenters. The monoisotopic (exact) mass is 305 g/mol. The van der Waals surface area contributed by atoms with E-state index in [0.29, 0.717) is 6.54 Å². The summed E-state index contributed by atoms with van der Waals surface area (Å²) < 4.78 is 1.99. The molecule has 0 bridgehead atoms. The lowest BCUT2D eigenvalue weighted by atomic mass is 10.2. The maximum atomic E-state index is 12.5. The van der Waals surface area contributed by atoms with Crippen LogP contribution in [0.5, 0.6) is 0 Å². The SMILES string of the molecule is Cc1cccc2nc(C(C)Cl)n(CC(=O)N3CCCC3)c12. The van der Waals surface area contributed by atoms with Crippen molar-refractivity contribution in [2.45, 2.75) is 38.6 Å². The topological polar surface area (TPSA) is 38.1 Å². The Bertz CT molecular complexity index is 671. The van der Waals surface area contributed by atoms with Crippen LogP contribution in [-0.2, 0) is 11.3 Å². The van der Waals surface area contributed by atoms with Crippen molar-refractivity contribution in [2.75, 3.05) is 13.1 Å². The molecular formula is C16H20ClN3O. The van der Waals surface area contributed by atoms with Gasteiger partial charge in [0.25, 0.3) is 0 Å². The summed E-state index contributed by atoms with van der Waals surface area (Å²) in [7, 11) is 0. The minimum Gasteiger partial charge on any atom is -0.341 e. The summed E-state index contributed by atoms with van der Waals surface area (Å²) in [6, 6.07) is 6.01. The Morgan fingerprint density at radius 3 is 2.76 bits per heavy atom. The number of hydrogen-bond donors (Lipinski definition) is 0. The zero-order valence-electron chi connectivity index (χ0n) is 12.5. The number of halogens is 1. The van der Waals surface area contributed by atoms with Crippen molar-refractivity contribution < 1.29 is 4.79 Å². The molecule has 1 aromatic heterocycles. The molecule has 2 heterocycles. The quantitative estimate of drug-likeness (QED) is 0.816. The van der Waals surface area contributed by atoms with Crippen molar-refractivity contribution in [1.29, 1.82) is 0 Å². The van der Waals surface area contributed by atoms with Crippen LogP contribution in [0.2, 0.25) is 0 Å². The van der Waals surface area contributed by atoms with Crippen LogP contribution in [0.4, 0.5) is 0 Å². The van der Waals surface area contributed by atoms with Gasteiger partial charge in [-0.2, -0.15) is 0 Å². The first-order valence-electron chi connectivity index (χ1n) is 7.45. The Balaban J connectivity index is 2.02. The lowest BCUT2D eigenvalue weighted by Crippen LogP contribution is -2.31. The van der Waals surface area contributed by atoms with E-state index in [2.05, 4.69) is 4.98 Å². The summed E-state index contributed by atoms with van der Waals surface area (Å²) in [6.45, 7) is 6.01. The molecule has 0 N–H and O–H groups in total. The van der Waals surface area contributed by atoms with Gasteiger partial charge >= 0.3 is 0 Å². The fourth-order valence-corrected chi connectivity index (χ4v) is 3.22. The van der Waals surface area contributed by atoms with E-state index in [0.717, 1.165) is 48.4 Å². The molecule has 21 heavy (non-hydrogen) atoms.